The van der Waals surface area contributed by atoms with E-state index in [2.05, 4.69) is 4.72 Å². The van der Waals surface area contributed by atoms with E-state index in [-0.39, 0.29) is 17.5 Å². The molecule has 6 heteroatoms. The lowest BCUT2D eigenvalue weighted by atomic mass is 10.1. The van der Waals surface area contributed by atoms with Crippen LogP contribution in [0.1, 0.15) is 18.0 Å². The Morgan fingerprint density at radius 1 is 1.10 bits per heavy atom. The normalized spacial score (nSPS) is 13.0. The molecule has 3 N–H and O–H groups in total. The van der Waals surface area contributed by atoms with Crippen molar-refractivity contribution < 1.29 is 8.42 Å². The predicted octanol–water partition coefficient (Wildman–Crippen LogP) is 2.71. The molecule has 112 valence electrons. The van der Waals surface area contributed by atoms with Gasteiger partial charge in [-0.25, -0.2) is 13.1 Å². The van der Waals surface area contributed by atoms with E-state index in [1.807, 2.05) is 30.3 Å². The van der Waals surface area contributed by atoms with E-state index in [1.165, 1.54) is 12.1 Å². The standard InChI is InChI=1S/C15H17ClN2O2S/c16-13-7-4-8-14(11-13)21(19,20)18-10-9-15(17)12-5-2-1-3-6-12/h1-8,11,15,18H,9-10,17H2. The number of sulfonamides is 1. The van der Waals surface area contributed by atoms with E-state index in [4.69, 9.17) is 17.3 Å². The molecule has 21 heavy (non-hydrogen) atoms. The second-order valence-electron chi connectivity index (χ2n) is 4.66. The first kappa shape index (κ1) is 16.0. The number of hydrogen-bond donors (Lipinski definition) is 2. The van der Waals surface area contributed by atoms with Crippen LogP contribution in [0.3, 0.4) is 0 Å². The molecule has 2 rings (SSSR count). The zero-order valence-electron chi connectivity index (χ0n) is 11.4. The van der Waals surface area contributed by atoms with Gasteiger partial charge in [-0.05, 0) is 30.2 Å². The molecule has 2 aromatic rings. The Hall–Kier alpha value is -1.40. The van der Waals surface area contributed by atoms with Crippen molar-refractivity contribution in [2.24, 2.45) is 5.73 Å². The Bertz CT molecular complexity index is 690. The van der Waals surface area contributed by atoms with E-state index >= 15 is 0 Å². The summed E-state index contributed by atoms with van der Waals surface area (Å²) in [6, 6.07) is 15.5. The van der Waals surface area contributed by atoms with Gasteiger partial charge in [-0.2, -0.15) is 0 Å². The van der Waals surface area contributed by atoms with Gasteiger partial charge in [0, 0.05) is 17.6 Å². The maximum absolute atomic E-state index is 12.1. The number of halogens is 1. The molecule has 0 saturated carbocycles. The SMILES string of the molecule is NC(CCNS(=O)(=O)c1cccc(Cl)c1)c1ccccc1. The zero-order valence-corrected chi connectivity index (χ0v) is 12.9. The van der Waals surface area contributed by atoms with Crippen molar-refractivity contribution >= 4 is 21.6 Å². The molecule has 0 aromatic heterocycles. The molecule has 0 fully saturated rings. The lowest BCUT2D eigenvalue weighted by Gasteiger charge is -2.13. The van der Waals surface area contributed by atoms with Gasteiger partial charge < -0.3 is 5.73 Å². The third-order valence-corrected chi connectivity index (χ3v) is 4.78. The molecule has 4 nitrogen and oxygen atoms in total. The summed E-state index contributed by atoms with van der Waals surface area (Å²) in [6.45, 7) is 0.269. The maximum Gasteiger partial charge on any atom is 0.240 e. The smallest absolute Gasteiger partial charge is 0.240 e. The Morgan fingerprint density at radius 3 is 2.48 bits per heavy atom. The molecule has 0 aliphatic rings. The van der Waals surface area contributed by atoms with Crippen LogP contribution in [0.5, 0.6) is 0 Å². The second-order valence-corrected chi connectivity index (χ2v) is 6.86. The van der Waals surface area contributed by atoms with Gasteiger partial charge in [0.05, 0.1) is 4.90 Å². The number of hydrogen-bond acceptors (Lipinski definition) is 3. The van der Waals surface area contributed by atoms with E-state index in [0.29, 0.717) is 11.4 Å². The highest BCUT2D eigenvalue weighted by molar-refractivity contribution is 7.89. The molecule has 2 aromatic carbocycles. The van der Waals surface area contributed by atoms with E-state index in [1.54, 1.807) is 12.1 Å². The molecule has 0 saturated heterocycles. The van der Waals surface area contributed by atoms with E-state index < -0.39 is 10.0 Å². The molecular formula is C15H17ClN2O2S. The number of rotatable bonds is 6. The quantitative estimate of drug-likeness (QED) is 0.858. The molecule has 0 spiro atoms. The van der Waals surface area contributed by atoms with Crippen molar-refractivity contribution in [2.75, 3.05) is 6.54 Å². The van der Waals surface area contributed by atoms with Gasteiger partial charge in [0.1, 0.15) is 0 Å². The predicted molar refractivity (Wildman–Crippen MR) is 84.6 cm³/mol. The molecular weight excluding hydrogens is 308 g/mol. The van der Waals surface area contributed by atoms with Gasteiger partial charge in [-0.15, -0.1) is 0 Å². The van der Waals surface area contributed by atoms with Crippen LogP contribution in [0, 0.1) is 0 Å². The van der Waals surface area contributed by atoms with Crippen molar-refractivity contribution in [1.29, 1.82) is 0 Å². The first-order chi connectivity index (χ1) is 9.99. The first-order valence-corrected chi connectivity index (χ1v) is 8.41. The molecule has 0 aliphatic heterocycles. The summed E-state index contributed by atoms with van der Waals surface area (Å²) in [5.41, 5.74) is 7.02. The number of benzene rings is 2. The minimum atomic E-state index is -3.55. The Kier molecular flexibility index (Phi) is 5.36. The van der Waals surface area contributed by atoms with Crippen LogP contribution >= 0.6 is 11.6 Å². The van der Waals surface area contributed by atoms with Gasteiger partial charge in [-0.3, -0.25) is 0 Å². The number of nitrogens with one attached hydrogen (secondary N) is 1. The average molecular weight is 325 g/mol. The minimum absolute atomic E-state index is 0.156. The highest BCUT2D eigenvalue weighted by atomic mass is 35.5. The lowest BCUT2D eigenvalue weighted by Crippen LogP contribution is -2.27. The van der Waals surface area contributed by atoms with Crippen molar-refractivity contribution in [3.63, 3.8) is 0 Å². The molecule has 0 aliphatic carbocycles. The first-order valence-electron chi connectivity index (χ1n) is 6.55. The van der Waals surface area contributed by atoms with Crippen LogP contribution in [0.4, 0.5) is 0 Å². The van der Waals surface area contributed by atoms with Gasteiger partial charge in [0.15, 0.2) is 0 Å². The summed E-state index contributed by atoms with van der Waals surface area (Å²) < 4.78 is 26.7. The van der Waals surface area contributed by atoms with Crippen LogP contribution < -0.4 is 10.5 Å². The summed E-state index contributed by atoms with van der Waals surface area (Å²) in [7, 11) is -3.55. The van der Waals surface area contributed by atoms with Crippen LogP contribution in [0.25, 0.3) is 0 Å². The van der Waals surface area contributed by atoms with E-state index in [0.717, 1.165) is 5.56 Å². The summed E-state index contributed by atoms with van der Waals surface area (Å²) in [5, 5.41) is 0.388. The largest absolute Gasteiger partial charge is 0.324 e. The fraction of sp³-hybridized carbons (Fsp3) is 0.200. The molecule has 0 bridgehead atoms. The van der Waals surface area contributed by atoms with Gasteiger partial charge in [-0.1, -0.05) is 48.0 Å². The Labute approximate surface area is 130 Å². The summed E-state index contributed by atoms with van der Waals surface area (Å²) >= 11 is 5.80. The third kappa shape index (κ3) is 4.54. The van der Waals surface area contributed by atoms with Crippen molar-refractivity contribution in [3.05, 3.63) is 65.2 Å². The monoisotopic (exact) mass is 324 g/mol. The van der Waals surface area contributed by atoms with Crippen LogP contribution in [0.15, 0.2) is 59.5 Å². The highest BCUT2D eigenvalue weighted by Crippen LogP contribution is 2.16. The molecule has 0 amide bonds. The molecule has 1 atom stereocenters. The maximum atomic E-state index is 12.1. The van der Waals surface area contributed by atoms with Crippen LogP contribution in [-0.2, 0) is 10.0 Å². The summed E-state index contributed by atoms with van der Waals surface area (Å²) in [4.78, 5) is 0.156. The fourth-order valence-electron chi connectivity index (χ4n) is 1.93. The Morgan fingerprint density at radius 2 is 1.81 bits per heavy atom. The Balaban J connectivity index is 1.94. The van der Waals surface area contributed by atoms with Gasteiger partial charge in [0.2, 0.25) is 10.0 Å². The highest BCUT2D eigenvalue weighted by Gasteiger charge is 2.14. The average Bonchev–Trinajstić information content (AvgIpc) is 2.48. The van der Waals surface area contributed by atoms with Crippen molar-refractivity contribution in [3.8, 4) is 0 Å². The molecule has 1 unspecified atom stereocenters. The lowest BCUT2D eigenvalue weighted by molar-refractivity contribution is 0.569. The second kappa shape index (κ2) is 7.04. The van der Waals surface area contributed by atoms with Crippen LogP contribution in [0.2, 0.25) is 5.02 Å². The topological polar surface area (TPSA) is 72.2 Å². The van der Waals surface area contributed by atoms with Gasteiger partial charge >= 0.3 is 0 Å². The van der Waals surface area contributed by atoms with Crippen molar-refractivity contribution in [2.45, 2.75) is 17.4 Å². The van der Waals surface area contributed by atoms with Crippen LogP contribution in [-0.4, -0.2) is 15.0 Å². The fourth-order valence-corrected chi connectivity index (χ4v) is 3.28. The summed E-state index contributed by atoms with van der Waals surface area (Å²) in [6.07, 6.45) is 0.518. The zero-order chi connectivity index (χ0) is 15.3. The van der Waals surface area contributed by atoms with E-state index in [9.17, 15) is 8.42 Å². The van der Waals surface area contributed by atoms with Crippen molar-refractivity contribution in [1.82, 2.24) is 4.72 Å². The third-order valence-electron chi connectivity index (χ3n) is 3.08. The summed E-state index contributed by atoms with van der Waals surface area (Å²) in [5.74, 6) is 0. The minimum Gasteiger partial charge on any atom is -0.324 e. The van der Waals surface area contributed by atoms with Gasteiger partial charge in [0.25, 0.3) is 0 Å². The number of nitrogens with two attached hydrogens (primary N) is 1. The molecule has 0 radical (unpaired) electrons. The molecule has 0 heterocycles.